The summed E-state index contributed by atoms with van der Waals surface area (Å²) in [5.41, 5.74) is 1.62. The van der Waals surface area contributed by atoms with Gasteiger partial charge in [0.25, 0.3) is 0 Å². The average molecular weight is 449 g/mol. The zero-order chi connectivity index (χ0) is 21.7. The van der Waals surface area contributed by atoms with Crippen molar-refractivity contribution < 1.29 is 22.6 Å². The van der Waals surface area contributed by atoms with Crippen LogP contribution in [0.1, 0.15) is 5.56 Å². The number of benzene rings is 2. The van der Waals surface area contributed by atoms with E-state index in [1.165, 1.54) is 27.4 Å². The van der Waals surface area contributed by atoms with E-state index < -0.39 is 10.0 Å². The molecule has 30 heavy (non-hydrogen) atoms. The molecular weight excluding hydrogens is 428 g/mol. The van der Waals surface area contributed by atoms with Gasteiger partial charge in [-0.1, -0.05) is 41.9 Å². The molecule has 0 aliphatic carbocycles. The number of hydrogen-bond donors (Lipinski definition) is 1. The van der Waals surface area contributed by atoms with Gasteiger partial charge in [-0.05, 0) is 23.8 Å². The number of nitrogens with zero attached hydrogens (tertiary/aromatic N) is 1. The molecule has 0 spiro atoms. The summed E-state index contributed by atoms with van der Waals surface area (Å²) in [6, 6.07) is 15.4. The van der Waals surface area contributed by atoms with Crippen molar-refractivity contribution in [3.05, 3.63) is 65.3 Å². The van der Waals surface area contributed by atoms with Crippen LogP contribution in [0.25, 0.3) is 11.1 Å². The SMILES string of the molecule is COc1cc(-c2ccc(Cl)nc2OC)c(S(=O)(=O)NCc2ccccc2)cc1OC. The molecule has 0 saturated carbocycles. The summed E-state index contributed by atoms with van der Waals surface area (Å²) in [4.78, 5) is 4.14. The Balaban J connectivity index is 2.15. The fourth-order valence-corrected chi connectivity index (χ4v) is 4.30. The zero-order valence-corrected chi connectivity index (χ0v) is 18.3. The number of pyridine rings is 1. The van der Waals surface area contributed by atoms with Crippen molar-refractivity contribution in [3.63, 3.8) is 0 Å². The van der Waals surface area contributed by atoms with E-state index in [0.29, 0.717) is 16.9 Å². The first kappa shape index (κ1) is 21.9. The van der Waals surface area contributed by atoms with E-state index >= 15 is 0 Å². The Hall–Kier alpha value is -2.81. The van der Waals surface area contributed by atoms with Gasteiger partial charge >= 0.3 is 0 Å². The predicted molar refractivity (Wildman–Crippen MR) is 115 cm³/mol. The summed E-state index contributed by atoms with van der Waals surface area (Å²) < 4.78 is 45.1. The first-order valence-corrected chi connectivity index (χ1v) is 10.8. The summed E-state index contributed by atoms with van der Waals surface area (Å²) in [5, 5.41) is 0.225. The molecule has 1 aromatic heterocycles. The number of hydrogen-bond acceptors (Lipinski definition) is 6. The number of methoxy groups -OCH3 is 3. The van der Waals surface area contributed by atoms with Crippen LogP contribution >= 0.6 is 11.6 Å². The summed E-state index contributed by atoms with van der Waals surface area (Å²) in [7, 11) is 0.417. The highest BCUT2D eigenvalue weighted by Crippen LogP contribution is 2.41. The highest BCUT2D eigenvalue weighted by atomic mass is 35.5. The Morgan fingerprint density at radius 2 is 1.57 bits per heavy atom. The fraction of sp³-hybridized carbons (Fsp3) is 0.190. The lowest BCUT2D eigenvalue weighted by molar-refractivity contribution is 0.354. The molecule has 1 heterocycles. The summed E-state index contributed by atoms with van der Waals surface area (Å²) >= 11 is 5.97. The highest BCUT2D eigenvalue weighted by Gasteiger charge is 2.25. The first-order chi connectivity index (χ1) is 14.4. The third kappa shape index (κ3) is 4.67. The lowest BCUT2D eigenvalue weighted by Gasteiger charge is -2.17. The maximum atomic E-state index is 13.2. The van der Waals surface area contributed by atoms with Gasteiger partial charge in [-0.3, -0.25) is 0 Å². The molecule has 0 saturated heterocycles. The Labute approximate surface area is 180 Å². The highest BCUT2D eigenvalue weighted by molar-refractivity contribution is 7.89. The van der Waals surface area contributed by atoms with Gasteiger partial charge in [-0.2, -0.15) is 0 Å². The van der Waals surface area contributed by atoms with Crippen LogP contribution in [0.5, 0.6) is 17.4 Å². The van der Waals surface area contributed by atoms with E-state index in [0.717, 1.165) is 5.56 Å². The van der Waals surface area contributed by atoms with Crippen LogP contribution in [0.4, 0.5) is 0 Å². The molecular formula is C21H21ClN2O5S. The summed E-state index contributed by atoms with van der Waals surface area (Å²) in [6.45, 7) is 0.132. The Morgan fingerprint density at radius 1 is 0.900 bits per heavy atom. The zero-order valence-electron chi connectivity index (χ0n) is 16.7. The lowest BCUT2D eigenvalue weighted by atomic mass is 10.1. The van der Waals surface area contributed by atoms with E-state index in [1.807, 2.05) is 30.3 Å². The van der Waals surface area contributed by atoms with Crippen LogP contribution in [-0.4, -0.2) is 34.7 Å². The van der Waals surface area contributed by atoms with Crippen LogP contribution in [0.2, 0.25) is 5.15 Å². The number of sulfonamides is 1. The van der Waals surface area contributed by atoms with Gasteiger partial charge in [0, 0.05) is 23.7 Å². The molecule has 9 heteroatoms. The second-order valence-corrected chi connectivity index (χ2v) is 8.33. The molecule has 0 aliphatic heterocycles. The largest absolute Gasteiger partial charge is 0.493 e. The Kier molecular flexibility index (Phi) is 6.81. The molecule has 2 aromatic carbocycles. The van der Waals surface area contributed by atoms with E-state index in [4.69, 9.17) is 25.8 Å². The quantitative estimate of drug-likeness (QED) is 0.526. The fourth-order valence-electron chi connectivity index (χ4n) is 2.92. The molecule has 0 bridgehead atoms. The van der Waals surface area contributed by atoms with E-state index in [9.17, 15) is 8.42 Å². The Bertz CT molecular complexity index is 1140. The standard InChI is InChI=1S/C21H21ClN2O5S/c1-27-17-11-16(15-9-10-20(22)24-21(15)29-3)19(12-18(17)28-2)30(25,26)23-13-14-7-5-4-6-8-14/h4-12,23H,13H2,1-3H3. The van der Waals surface area contributed by atoms with Gasteiger partial charge < -0.3 is 14.2 Å². The van der Waals surface area contributed by atoms with Gasteiger partial charge in [0.2, 0.25) is 15.9 Å². The van der Waals surface area contributed by atoms with Gasteiger partial charge in [0.1, 0.15) is 5.15 Å². The summed E-state index contributed by atoms with van der Waals surface area (Å²) in [6.07, 6.45) is 0. The van der Waals surface area contributed by atoms with Crippen molar-refractivity contribution in [2.45, 2.75) is 11.4 Å². The van der Waals surface area contributed by atoms with E-state index in [2.05, 4.69) is 9.71 Å². The molecule has 0 unspecified atom stereocenters. The normalized spacial score (nSPS) is 11.2. The maximum absolute atomic E-state index is 13.2. The molecule has 7 nitrogen and oxygen atoms in total. The van der Waals surface area contributed by atoms with Gasteiger partial charge in [0.15, 0.2) is 11.5 Å². The minimum absolute atomic E-state index is 0.00139. The van der Waals surface area contributed by atoms with Crippen molar-refractivity contribution in [3.8, 4) is 28.5 Å². The van der Waals surface area contributed by atoms with E-state index in [1.54, 1.807) is 18.2 Å². The van der Waals surface area contributed by atoms with Crippen LogP contribution in [0.15, 0.2) is 59.5 Å². The van der Waals surface area contributed by atoms with Crippen LogP contribution in [-0.2, 0) is 16.6 Å². The second-order valence-electron chi connectivity index (χ2n) is 6.20. The van der Waals surface area contributed by atoms with Crippen molar-refractivity contribution in [1.82, 2.24) is 9.71 Å². The first-order valence-electron chi connectivity index (χ1n) is 8.90. The van der Waals surface area contributed by atoms with Crippen molar-refractivity contribution in [2.24, 2.45) is 0 Å². The molecule has 3 rings (SSSR count). The van der Waals surface area contributed by atoms with Crippen LogP contribution in [0.3, 0.4) is 0 Å². The van der Waals surface area contributed by atoms with Crippen LogP contribution in [0, 0.1) is 0 Å². The van der Waals surface area contributed by atoms with Crippen molar-refractivity contribution in [2.75, 3.05) is 21.3 Å². The third-order valence-electron chi connectivity index (χ3n) is 4.39. The van der Waals surface area contributed by atoms with E-state index in [-0.39, 0.29) is 28.2 Å². The number of nitrogens with one attached hydrogen (secondary N) is 1. The molecule has 0 aliphatic rings. The molecule has 158 valence electrons. The average Bonchev–Trinajstić information content (AvgIpc) is 2.77. The molecule has 3 aromatic rings. The molecule has 0 fully saturated rings. The van der Waals surface area contributed by atoms with Crippen molar-refractivity contribution in [1.29, 1.82) is 0 Å². The van der Waals surface area contributed by atoms with Gasteiger partial charge in [-0.25, -0.2) is 18.1 Å². The minimum Gasteiger partial charge on any atom is -0.493 e. The number of ether oxygens (including phenoxy) is 3. The Morgan fingerprint density at radius 3 is 2.20 bits per heavy atom. The van der Waals surface area contributed by atoms with Gasteiger partial charge in [-0.15, -0.1) is 0 Å². The molecule has 0 atom stereocenters. The minimum atomic E-state index is -3.93. The lowest BCUT2D eigenvalue weighted by Crippen LogP contribution is -2.24. The summed E-state index contributed by atoms with van der Waals surface area (Å²) in [5.74, 6) is 0.836. The molecule has 0 amide bonds. The monoisotopic (exact) mass is 448 g/mol. The molecule has 0 radical (unpaired) electrons. The smallest absolute Gasteiger partial charge is 0.241 e. The second kappa shape index (κ2) is 9.34. The number of aromatic nitrogens is 1. The number of halogens is 1. The maximum Gasteiger partial charge on any atom is 0.241 e. The number of rotatable bonds is 8. The third-order valence-corrected chi connectivity index (χ3v) is 6.05. The van der Waals surface area contributed by atoms with Crippen LogP contribution < -0.4 is 18.9 Å². The topological polar surface area (TPSA) is 86.8 Å². The predicted octanol–water partition coefficient (Wildman–Crippen LogP) is 3.91. The van der Waals surface area contributed by atoms with Crippen molar-refractivity contribution >= 4 is 21.6 Å². The van der Waals surface area contributed by atoms with Gasteiger partial charge in [0.05, 0.1) is 26.2 Å². The molecule has 1 N–H and O–H groups in total.